The lowest BCUT2D eigenvalue weighted by Gasteiger charge is -2.31. The molecule has 3 nitrogen and oxygen atoms in total. The minimum atomic E-state index is 0.774. The maximum Gasteiger partial charge on any atom is 0.116 e. The summed E-state index contributed by atoms with van der Waals surface area (Å²) in [6.45, 7) is 4.24. The van der Waals surface area contributed by atoms with Gasteiger partial charge in [0.2, 0.25) is 0 Å². The van der Waals surface area contributed by atoms with Gasteiger partial charge in [-0.1, -0.05) is 48.7 Å². The average Bonchev–Trinajstić information content (AvgIpc) is 2.66. The predicted molar refractivity (Wildman–Crippen MR) is 78.9 cm³/mol. The Bertz CT molecular complexity index is 463. The van der Waals surface area contributed by atoms with Gasteiger partial charge in [0.1, 0.15) is 9.98 Å². The maximum atomic E-state index is 5.52. The molecule has 3 rings (SSSR count). The highest BCUT2D eigenvalue weighted by Gasteiger charge is 2.30. The smallest absolute Gasteiger partial charge is 0.116 e. The van der Waals surface area contributed by atoms with E-state index in [0.29, 0.717) is 0 Å². The standard InChI is InChI=1S/C13H14N2OS2/c17-12-10-3-1-2-4-11(10)13(18)15(12)9-14-5-7-16-8-6-14/h1-4H,5-9H2. The fourth-order valence-electron chi connectivity index (χ4n) is 2.31. The van der Waals surface area contributed by atoms with Crippen molar-refractivity contribution in [3.05, 3.63) is 35.4 Å². The number of hydrogen-bond acceptors (Lipinski definition) is 4. The minimum absolute atomic E-state index is 0.774. The zero-order chi connectivity index (χ0) is 12.5. The van der Waals surface area contributed by atoms with Gasteiger partial charge >= 0.3 is 0 Å². The van der Waals surface area contributed by atoms with Crippen LogP contribution in [0.25, 0.3) is 0 Å². The van der Waals surface area contributed by atoms with Crippen LogP contribution in [-0.4, -0.2) is 52.7 Å². The second-order valence-corrected chi connectivity index (χ2v) is 5.23. The Morgan fingerprint density at radius 2 is 1.56 bits per heavy atom. The van der Waals surface area contributed by atoms with Gasteiger partial charge in [0, 0.05) is 24.2 Å². The molecule has 0 amide bonds. The Kier molecular flexibility index (Phi) is 3.39. The molecule has 2 aliphatic heterocycles. The first kappa shape index (κ1) is 12.2. The van der Waals surface area contributed by atoms with Gasteiger partial charge in [-0.05, 0) is 0 Å². The van der Waals surface area contributed by atoms with Crippen LogP contribution in [0.4, 0.5) is 0 Å². The first-order valence-electron chi connectivity index (χ1n) is 6.03. The highest BCUT2D eigenvalue weighted by Crippen LogP contribution is 2.24. The third kappa shape index (κ3) is 2.07. The van der Waals surface area contributed by atoms with E-state index in [1.807, 2.05) is 24.3 Å². The van der Waals surface area contributed by atoms with Crippen molar-refractivity contribution in [1.82, 2.24) is 9.80 Å². The van der Waals surface area contributed by atoms with E-state index in [1.165, 1.54) is 0 Å². The van der Waals surface area contributed by atoms with Crippen LogP contribution in [0.1, 0.15) is 11.1 Å². The average molecular weight is 278 g/mol. The van der Waals surface area contributed by atoms with E-state index in [9.17, 15) is 0 Å². The molecular weight excluding hydrogens is 264 g/mol. The number of morpholine rings is 1. The number of fused-ring (bicyclic) bond motifs is 1. The Morgan fingerprint density at radius 1 is 1.00 bits per heavy atom. The summed E-state index contributed by atoms with van der Waals surface area (Å²) in [6.07, 6.45) is 0. The highest BCUT2D eigenvalue weighted by atomic mass is 32.1. The summed E-state index contributed by atoms with van der Waals surface area (Å²) < 4.78 is 5.35. The Labute approximate surface area is 117 Å². The molecule has 18 heavy (non-hydrogen) atoms. The monoisotopic (exact) mass is 278 g/mol. The van der Waals surface area contributed by atoms with Crippen LogP contribution >= 0.6 is 24.4 Å². The van der Waals surface area contributed by atoms with Crippen LogP contribution < -0.4 is 0 Å². The third-order valence-electron chi connectivity index (χ3n) is 3.32. The SMILES string of the molecule is S=C1c2ccccc2C(=S)N1CN1CCOCC1. The van der Waals surface area contributed by atoms with Crippen molar-refractivity contribution in [2.75, 3.05) is 33.0 Å². The fraction of sp³-hybridized carbons (Fsp3) is 0.385. The number of ether oxygens (including phenoxy) is 1. The molecule has 0 bridgehead atoms. The molecule has 2 aliphatic rings. The molecule has 0 N–H and O–H groups in total. The number of hydrogen-bond donors (Lipinski definition) is 0. The lowest BCUT2D eigenvalue weighted by Crippen LogP contribution is -2.45. The van der Waals surface area contributed by atoms with Crippen LogP contribution in [0.3, 0.4) is 0 Å². The van der Waals surface area contributed by atoms with Gasteiger partial charge in [-0.15, -0.1) is 0 Å². The molecule has 0 atom stereocenters. The molecule has 0 aliphatic carbocycles. The first-order chi connectivity index (χ1) is 8.77. The van der Waals surface area contributed by atoms with Crippen molar-refractivity contribution in [3.8, 4) is 0 Å². The Morgan fingerprint density at radius 3 is 2.11 bits per heavy atom. The summed E-state index contributed by atoms with van der Waals surface area (Å²) in [7, 11) is 0. The van der Waals surface area contributed by atoms with Crippen molar-refractivity contribution < 1.29 is 4.74 Å². The lowest BCUT2D eigenvalue weighted by molar-refractivity contribution is 0.0288. The van der Waals surface area contributed by atoms with Gasteiger partial charge in [-0.25, -0.2) is 0 Å². The van der Waals surface area contributed by atoms with Gasteiger partial charge in [0.15, 0.2) is 0 Å². The van der Waals surface area contributed by atoms with Gasteiger partial charge in [0.05, 0.1) is 19.9 Å². The van der Waals surface area contributed by atoms with Gasteiger partial charge < -0.3 is 9.64 Å². The van der Waals surface area contributed by atoms with Crippen molar-refractivity contribution in [2.24, 2.45) is 0 Å². The molecular formula is C13H14N2OS2. The third-order valence-corrected chi connectivity index (χ3v) is 4.20. The van der Waals surface area contributed by atoms with E-state index in [1.54, 1.807) is 0 Å². The lowest BCUT2D eigenvalue weighted by atomic mass is 10.1. The topological polar surface area (TPSA) is 15.7 Å². The quantitative estimate of drug-likeness (QED) is 0.762. The van der Waals surface area contributed by atoms with Gasteiger partial charge in [-0.3, -0.25) is 4.90 Å². The van der Waals surface area contributed by atoms with E-state index in [2.05, 4.69) is 9.80 Å². The van der Waals surface area contributed by atoms with Crippen LogP contribution in [0.15, 0.2) is 24.3 Å². The molecule has 1 saturated heterocycles. The van der Waals surface area contributed by atoms with Gasteiger partial charge in [-0.2, -0.15) is 0 Å². The summed E-state index contributed by atoms with van der Waals surface area (Å²) >= 11 is 11.0. The summed E-state index contributed by atoms with van der Waals surface area (Å²) in [5.41, 5.74) is 2.18. The van der Waals surface area contributed by atoms with Crippen LogP contribution in [0, 0.1) is 0 Å². The van der Waals surface area contributed by atoms with Gasteiger partial charge in [0.25, 0.3) is 0 Å². The highest BCUT2D eigenvalue weighted by molar-refractivity contribution is 7.82. The number of rotatable bonds is 2. The Hall–Kier alpha value is -0.880. The van der Waals surface area contributed by atoms with E-state index in [0.717, 1.165) is 54.1 Å². The van der Waals surface area contributed by atoms with Crippen LogP contribution in [0.5, 0.6) is 0 Å². The van der Waals surface area contributed by atoms with Crippen molar-refractivity contribution in [1.29, 1.82) is 0 Å². The van der Waals surface area contributed by atoms with E-state index in [4.69, 9.17) is 29.2 Å². The van der Waals surface area contributed by atoms with E-state index >= 15 is 0 Å². The number of benzene rings is 1. The molecule has 1 aromatic rings. The molecule has 0 aromatic heterocycles. The largest absolute Gasteiger partial charge is 0.379 e. The van der Waals surface area contributed by atoms with Crippen molar-refractivity contribution >= 4 is 34.4 Å². The first-order valence-corrected chi connectivity index (χ1v) is 6.84. The van der Waals surface area contributed by atoms with Crippen molar-refractivity contribution in [2.45, 2.75) is 0 Å². The van der Waals surface area contributed by atoms with Crippen LogP contribution in [-0.2, 0) is 4.74 Å². The molecule has 0 saturated carbocycles. The summed E-state index contributed by atoms with van der Waals surface area (Å²) in [5.74, 6) is 0. The molecule has 1 fully saturated rings. The number of nitrogens with zero attached hydrogens (tertiary/aromatic N) is 2. The zero-order valence-corrected chi connectivity index (χ0v) is 11.6. The van der Waals surface area contributed by atoms with E-state index < -0.39 is 0 Å². The molecule has 0 unspecified atom stereocenters. The van der Waals surface area contributed by atoms with Crippen molar-refractivity contribution in [3.63, 3.8) is 0 Å². The summed E-state index contributed by atoms with van der Waals surface area (Å²) in [4.78, 5) is 6.08. The fourth-order valence-corrected chi connectivity index (χ4v) is 3.02. The molecule has 1 aromatic carbocycles. The number of thiocarbonyl (C=S) groups is 2. The molecule has 94 valence electrons. The summed E-state index contributed by atoms with van der Waals surface area (Å²) in [6, 6.07) is 8.10. The summed E-state index contributed by atoms with van der Waals surface area (Å²) in [5, 5.41) is 0. The van der Waals surface area contributed by atoms with E-state index in [-0.39, 0.29) is 0 Å². The predicted octanol–water partition coefficient (Wildman–Crippen LogP) is 1.64. The Balaban J connectivity index is 1.79. The second-order valence-electron chi connectivity index (χ2n) is 4.46. The van der Waals surface area contributed by atoms with Crippen LogP contribution in [0.2, 0.25) is 0 Å². The minimum Gasteiger partial charge on any atom is -0.379 e. The normalized spacial score (nSPS) is 20.3. The zero-order valence-electron chi connectivity index (χ0n) is 9.96. The molecule has 5 heteroatoms. The molecule has 0 radical (unpaired) electrons. The maximum absolute atomic E-state index is 5.52. The second kappa shape index (κ2) is 5.01. The molecule has 2 heterocycles. The molecule has 0 spiro atoms.